The van der Waals surface area contributed by atoms with Crippen LogP contribution in [0.3, 0.4) is 0 Å². The van der Waals surface area contributed by atoms with Crippen molar-refractivity contribution in [2.24, 2.45) is 5.73 Å². The van der Waals surface area contributed by atoms with Crippen LogP contribution >= 0.6 is 37.2 Å². The second kappa shape index (κ2) is 13.1. The molecule has 1 aromatic heterocycles. The van der Waals surface area contributed by atoms with E-state index in [0.29, 0.717) is 55.2 Å². The van der Waals surface area contributed by atoms with Crippen LogP contribution in [-0.2, 0) is 11.4 Å². The number of ether oxygens (including phenoxy) is 1. The fourth-order valence-corrected chi connectivity index (χ4v) is 4.93. The SMILES string of the molecule is CC[C@H](N)C(=O)N1CCN(c2nc3ccc(C(=O)Nc4ccc(CO)c(OC)c4)cc3s2)CC1.Cl.S. The highest BCUT2D eigenvalue weighted by molar-refractivity contribution is 7.59. The number of nitrogens with two attached hydrogens (primary N) is 1. The van der Waals surface area contributed by atoms with Gasteiger partial charge in [-0.2, -0.15) is 13.5 Å². The summed E-state index contributed by atoms with van der Waals surface area (Å²) in [5, 5.41) is 13.1. The van der Waals surface area contributed by atoms with Crippen LogP contribution in [-0.4, -0.2) is 66.1 Å². The number of amides is 2. The van der Waals surface area contributed by atoms with Gasteiger partial charge in [0.25, 0.3) is 5.91 Å². The first kappa shape index (κ1) is 29.7. The molecule has 4 rings (SSSR count). The molecular formula is C24H32ClN5O4S2. The van der Waals surface area contributed by atoms with Crippen molar-refractivity contribution >= 4 is 70.1 Å². The number of piperazine rings is 1. The molecule has 1 saturated heterocycles. The molecule has 196 valence electrons. The number of aromatic nitrogens is 1. The lowest BCUT2D eigenvalue weighted by molar-refractivity contribution is -0.132. The molecule has 0 spiro atoms. The van der Waals surface area contributed by atoms with E-state index in [4.69, 9.17) is 15.5 Å². The summed E-state index contributed by atoms with van der Waals surface area (Å²) in [4.78, 5) is 33.9. The van der Waals surface area contributed by atoms with Crippen LogP contribution in [0.1, 0.15) is 29.3 Å². The summed E-state index contributed by atoms with van der Waals surface area (Å²) in [6.07, 6.45) is 0.633. The fourth-order valence-electron chi connectivity index (χ4n) is 3.87. The minimum absolute atomic E-state index is 0. The summed E-state index contributed by atoms with van der Waals surface area (Å²) in [5.74, 6) is 0.280. The zero-order chi connectivity index (χ0) is 24.2. The predicted molar refractivity (Wildman–Crippen MR) is 151 cm³/mol. The quantitative estimate of drug-likeness (QED) is 0.411. The number of benzene rings is 2. The minimum Gasteiger partial charge on any atom is -0.496 e. The van der Waals surface area contributed by atoms with E-state index in [1.165, 1.54) is 18.4 Å². The van der Waals surface area contributed by atoms with Gasteiger partial charge in [-0.05, 0) is 30.7 Å². The Bertz CT molecular complexity index is 1200. The van der Waals surface area contributed by atoms with Crippen molar-refractivity contribution in [1.82, 2.24) is 9.88 Å². The highest BCUT2D eigenvalue weighted by Crippen LogP contribution is 2.31. The Labute approximate surface area is 227 Å². The maximum Gasteiger partial charge on any atom is 0.255 e. The number of hydrogen-bond acceptors (Lipinski definition) is 8. The molecule has 1 aliphatic rings. The van der Waals surface area contributed by atoms with Gasteiger partial charge in [-0.25, -0.2) is 4.98 Å². The molecule has 2 aromatic carbocycles. The second-order valence-electron chi connectivity index (χ2n) is 8.14. The van der Waals surface area contributed by atoms with Crippen molar-refractivity contribution in [2.45, 2.75) is 26.0 Å². The largest absolute Gasteiger partial charge is 0.496 e. The first-order valence-electron chi connectivity index (χ1n) is 11.2. The average Bonchev–Trinajstić information content (AvgIpc) is 3.31. The number of carbonyl (C=O) groups excluding carboxylic acids is 2. The van der Waals surface area contributed by atoms with Gasteiger partial charge < -0.3 is 30.7 Å². The summed E-state index contributed by atoms with van der Waals surface area (Å²) in [6.45, 7) is 4.41. The van der Waals surface area contributed by atoms with Crippen LogP contribution in [0.2, 0.25) is 0 Å². The summed E-state index contributed by atoms with van der Waals surface area (Å²) in [7, 11) is 1.52. The van der Waals surface area contributed by atoms with Gasteiger partial charge in [0.1, 0.15) is 5.75 Å². The first-order valence-corrected chi connectivity index (χ1v) is 12.0. The highest BCUT2D eigenvalue weighted by atomic mass is 35.5. The Kier molecular flexibility index (Phi) is 10.8. The van der Waals surface area contributed by atoms with E-state index in [2.05, 4.69) is 10.2 Å². The highest BCUT2D eigenvalue weighted by Gasteiger charge is 2.25. The number of hydrogen-bond donors (Lipinski definition) is 3. The molecule has 9 nitrogen and oxygen atoms in total. The molecule has 0 saturated carbocycles. The lowest BCUT2D eigenvalue weighted by Gasteiger charge is -2.35. The van der Waals surface area contributed by atoms with E-state index < -0.39 is 6.04 Å². The fraction of sp³-hybridized carbons (Fsp3) is 0.375. The van der Waals surface area contributed by atoms with E-state index in [0.717, 1.165) is 15.3 Å². The number of thiazole rings is 1. The Morgan fingerprint density at radius 1 is 1.19 bits per heavy atom. The second-order valence-corrected chi connectivity index (χ2v) is 9.15. The standard InChI is InChI=1S/C24H29N5O4S.ClH.H2S/c1-3-18(25)23(32)28-8-10-29(11-9-28)24-27-19-7-5-15(12-21(19)34-24)22(31)26-17-6-4-16(14-30)20(13-17)33-2;;/h4-7,12-13,18,30H,3,8-11,14,25H2,1-2H3,(H,26,31);1H;1H2/t18-;;/m0../s1. The molecule has 2 heterocycles. The van der Waals surface area contributed by atoms with Gasteiger partial charge in [0, 0.05) is 49.1 Å². The number of methoxy groups -OCH3 is 1. The normalized spacial score (nSPS) is 14.0. The Morgan fingerprint density at radius 3 is 2.56 bits per heavy atom. The number of halogens is 1. The number of anilines is 2. The third-order valence-corrected chi connectivity index (χ3v) is 7.05. The Hall–Kier alpha value is -2.57. The van der Waals surface area contributed by atoms with Crippen molar-refractivity contribution in [3.05, 3.63) is 47.5 Å². The van der Waals surface area contributed by atoms with Gasteiger partial charge in [-0.1, -0.05) is 24.3 Å². The number of nitrogens with one attached hydrogen (secondary N) is 1. The zero-order valence-electron chi connectivity index (χ0n) is 20.2. The number of aliphatic hydroxyl groups excluding tert-OH is 1. The molecule has 0 radical (unpaired) electrons. The van der Waals surface area contributed by atoms with Crippen LogP contribution in [0.4, 0.5) is 10.8 Å². The molecule has 0 bridgehead atoms. The molecule has 1 aliphatic heterocycles. The van der Waals surface area contributed by atoms with E-state index in [1.54, 1.807) is 24.3 Å². The average molecular weight is 554 g/mol. The Balaban J connectivity index is 0.00000228. The van der Waals surface area contributed by atoms with Gasteiger partial charge in [-0.15, -0.1) is 12.4 Å². The Morgan fingerprint density at radius 2 is 1.92 bits per heavy atom. The van der Waals surface area contributed by atoms with E-state index in [-0.39, 0.29) is 44.3 Å². The van der Waals surface area contributed by atoms with Gasteiger partial charge in [-0.3, -0.25) is 9.59 Å². The zero-order valence-corrected chi connectivity index (χ0v) is 22.8. The molecule has 1 fully saturated rings. The lowest BCUT2D eigenvalue weighted by Crippen LogP contribution is -2.53. The molecule has 3 aromatic rings. The number of carbonyl (C=O) groups is 2. The number of nitrogens with zero attached hydrogens (tertiary/aromatic N) is 3. The van der Waals surface area contributed by atoms with Crippen molar-refractivity contribution in [3.8, 4) is 5.75 Å². The molecular weight excluding hydrogens is 522 g/mol. The predicted octanol–water partition coefficient (Wildman–Crippen LogP) is 2.97. The van der Waals surface area contributed by atoms with Crippen LogP contribution in [0, 0.1) is 0 Å². The molecule has 0 unspecified atom stereocenters. The summed E-state index contributed by atoms with van der Waals surface area (Å²) in [6, 6.07) is 10.1. The van der Waals surface area contributed by atoms with Crippen LogP contribution in [0.15, 0.2) is 36.4 Å². The number of fused-ring (bicyclic) bond motifs is 1. The smallest absolute Gasteiger partial charge is 0.255 e. The molecule has 4 N–H and O–H groups in total. The molecule has 0 aliphatic carbocycles. The topological polar surface area (TPSA) is 121 Å². The van der Waals surface area contributed by atoms with Gasteiger partial charge in [0.15, 0.2) is 5.13 Å². The molecule has 36 heavy (non-hydrogen) atoms. The van der Waals surface area contributed by atoms with Crippen LogP contribution < -0.4 is 20.7 Å². The van der Waals surface area contributed by atoms with Crippen LogP contribution in [0.25, 0.3) is 10.2 Å². The maximum absolute atomic E-state index is 12.8. The molecule has 1 atom stereocenters. The van der Waals surface area contributed by atoms with Crippen LogP contribution in [0.5, 0.6) is 5.75 Å². The third kappa shape index (κ3) is 6.40. The van der Waals surface area contributed by atoms with Crippen molar-refractivity contribution in [2.75, 3.05) is 43.5 Å². The van der Waals surface area contributed by atoms with E-state index in [9.17, 15) is 14.7 Å². The number of aliphatic hydroxyl groups is 1. The van der Waals surface area contributed by atoms with Gasteiger partial charge in [0.2, 0.25) is 5.91 Å². The van der Waals surface area contributed by atoms with Gasteiger partial charge in [0.05, 0.1) is 30.0 Å². The van der Waals surface area contributed by atoms with E-state index in [1.807, 2.05) is 24.0 Å². The first-order chi connectivity index (χ1) is 16.4. The van der Waals surface area contributed by atoms with Gasteiger partial charge >= 0.3 is 0 Å². The number of rotatable bonds is 7. The molecule has 12 heteroatoms. The van der Waals surface area contributed by atoms with E-state index >= 15 is 0 Å². The van der Waals surface area contributed by atoms with Crippen molar-refractivity contribution < 1.29 is 19.4 Å². The monoisotopic (exact) mass is 553 g/mol. The maximum atomic E-state index is 12.8. The summed E-state index contributed by atoms with van der Waals surface area (Å²) < 4.78 is 6.19. The van der Waals surface area contributed by atoms with Crippen molar-refractivity contribution in [1.29, 1.82) is 0 Å². The molecule has 2 amide bonds. The third-order valence-electron chi connectivity index (χ3n) is 5.97. The summed E-state index contributed by atoms with van der Waals surface area (Å²) >= 11 is 1.53. The van der Waals surface area contributed by atoms with Crippen molar-refractivity contribution in [3.63, 3.8) is 0 Å². The minimum atomic E-state index is -0.438. The summed E-state index contributed by atoms with van der Waals surface area (Å²) in [5.41, 5.74) is 8.48. The lowest BCUT2D eigenvalue weighted by atomic mass is 10.1.